The average Bonchev–Trinajstić information content (AvgIpc) is 3.16. The Bertz CT molecular complexity index is 810. The first-order valence-electron chi connectivity index (χ1n) is 8.72. The number of hydrogen-bond acceptors (Lipinski definition) is 5. The van der Waals surface area contributed by atoms with Crippen molar-refractivity contribution in [3.63, 3.8) is 0 Å². The number of ether oxygens (including phenoxy) is 2. The second kappa shape index (κ2) is 8.15. The number of carbonyl (C=O) groups excluding carboxylic acids is 1. The molecule has 2 N–H and O–H groups in total. The Morgan fingerprint density at radius 3 is 2.50 bits per heavy atom. The normalized spacial score (nSPS) is 19.5. The lowest BCUT2D eigenvalue weighted by Gasteiger charge is -2.21. The van der Waals surface area contributed by atoms with Gasteiger partial charge in [0.1, 0.15) is 11.9 Å². The lowest BCUT2D eigenvalue weighted by atomic mass is 10.1. The lowest BCUT2D eigenvalue weighted by Crippen LogP contribution is -2.37. The summed E-state index contributed by atoms with van der Waals surface area (Å²) in [6.07, 6.45) is -2.94. The number of benzene rings is 1. The molecule has 0 saturated carbocycles. The molecule has 1 aliphatic heterocycles. The number of likely N-dealkylation sites (N-methyl/N-ethyl adjacent to an activating group) is 1. The van der Waals surface area contributed by atoms with Gasteiger partial charge in [0.15, 0.2) is 0 Å². The molecule has 1 aliphatic rings. The Labute approximate surface area is 160 Å². The number of aromatic nitrogens is 1. The first-order chi connectivity index (χ1) is 13.3. The van der Waals surface area contributed by atoms with E-state index in [4.69, 9.17) is 15.2 Å². The fourth-order valence-corrected chi connectivity index (χ4v) is 2.87. The largest absolute Gasteiger partial charge is 0.439 e. The van der Waals surface area contributed by atoms with E-state index in [0.717, 1.165) is 18.6 Å². The number of rotatable bonds is 5. The molecule has 1 saturated heterocycles. The SMILES string of the molecule is CN(C(=O)[C@@H]1CC[C@H](CN)O1)c1ccc(Oc2ccc(C(F)(F)F)cn2)cc1. The van der Waals surface area contributed by atoms with Crippen LogP contribution in [0.2, 0.25) is 0 Å². The maximum Gasteiger partial charge on any atom is 0.417 e. The highest BCUT2D eigenvalue weighted by molar-refractivity contribution is 5.96. The number of halogens is 3. The monoisotopic (exact) mass is 395 g/mol. The minimum absolute atomic E-state index is 0.0392. The molecule has 1 fully saturated rings. The van der Waals surface area contributed by atoms with Crippen LogP contribution in [-0.4, -0.2) is 36.7 Å². The minimum Gasteiger partial charge on any atom is -0.439 e. The van der Waals surface area contributed by atoms with Crippen LogP contribution in [0.3, 0.4) is 0 Å². The predicted molar refractivity (Wildman–Crippen MR) is 96.1 cm³/mol. The van der Waals surface area contributed by atoms with E-state index in [0.29, 0.717) is 30.6 Å². The van der Waals surface area contributed by atoms with Gasteiger partial charge < -0.3 is 20.1 Å². The Hall–Kier alpha value is -2.65. The van der Waals surface area contributed by atoms with Crippen LogP contribution in [0.1, 0.15) is 18.4 Å². The zero-order chi connectivity index (χ0) is 20.3. The van der Waals surface area contributed by atoms with E-state index < -0.39 is 17.8 Å². The summed E-state index contributed by atoms with van der Waals surface area (Å²) in [6, 6.07) is 8.61. The third-order valence-corrected chi connectivity index (χ3v) is 4.49. The molecule has 3 rings (SSSR count). The molecule has 0 aliphatic carbocycles. The van der Waals surface area contributed by atoms with Crippen LogP contribution < -0.4 is 15.4 Å². The standard InChI is InChI=1S/C19H20F3N3O3/c1-25(18(26)16-8-7-15(10-23)27-16)13-3-5-14(6-4-13)28-17-9-2-12(11-24-17)19(20,21)22/h2-6,9,11,15-16H,7-8,10,23H2,1H3/t15-,16+/m1/s1. The number of nitrogens with zero attached hydrogens (tertiary/aromatic N) is 2. The summed E-state index contributed by atoms with van der Waals surface area (Å²) in [5.74, 6) is 0.267. The first kappa shape index (κ1) is 20.1. The Morgan fingerprint density at radius 1 is 1.25 bits per heavy atom. The number of anilines is 1. The fourth-order valence-electron chi connectivity index (χ4n) is 2.87. The molecule has 0 radical (unpaired) electrons. The Kier molecular flexibility index (Phi) is 5.85. The molecule has 2 heterocycles. The van der Waals surface area contributed by atoms with E-state index in [1.165, 1.54) is 4.90 Å². The molecule has 6 nitrogen and oxygen atoms in total. The molecular weight excluding hydrogens is 375 g/mol. The van der Waals surface area contributed by atoms with E-state index in [1.807, 2.05) is 0 Å². The van der Waals surface area contributed by atoms with Crippen molar-refractivity contribution in [2.45, 2.75) is 31.2 Å². The van der Waals surface area contributed by atoms with Gasteiger partial charge in [0.2, 0.25) is 5.88 Å². The summed E-state index contributed by atoms with van der Waals surface area (Å²) < 4.78 is 48.7. The van der Waals surface area contributed by atoms with Crippen molar-refractivity contribution in [3.8, 4) is 11.6 Å². The molecule has 150 valence electrons. The van der Waals surface area contributed by atoms with Gasteiger partial charge in [-0.05, 0) is 43.2 Å². The molecule has 0 unspecified atom stereocenters. The van der Waals surface area contributed by atoms with Crippen molar-refractivity contribution in [1.29, 1.82) is 0 Å². The van der Waals surface area contributed by atoms with Gasteiger partial charge in [-0.1, -0.05) is 0 Å². The molecule has 28 heavy (non-hydrogen) atoms. The van der Waals surface area contributed by atoms with Gasteiger partial charge in [0.25, 0.3) is 5.91 Å². The number of pyridine rings is 1. The van der Waals surface area contributed by atoms with Crippen LogP contribution in [0.4, 0.5) is 18.9 Å². The van der Waals surface area contributed by atoms with Gasteiger partial charge in [-0.15, -0.1) is 0 Å². The molecule has 1 aromatic carbocycles. The maximum atomic E-state index is 12.6. The van der Waals surface area contributed by atoms with Gasteiger partial charge >= 0.3 is 6.18 Å². The summed E-state index contributed by atoms with van der Waals surface area (Å²) in [5.41, 5.74) is 5.36. The molecule has 0 spiro atoms. The van der Waals surface area contributed by atoms with Crippen molar-refractivity contribution in [1.82, 2.24) is 4.98 Å². The maximum absolute atomic E-state index is 12.6. The van der Waals surface area contributed by atoms with Gasteiger partial charge in [-0.2, -0.15) is 13.2 Å². The highest BCUT2D eigenvalue weighted by atomic mass is 19.4. The third kappa shape index (κ3) is 4.60. The summed E-state index contributed by atoms with van der Waals surface area (Å²) >= 11 is 0. The molecule has 1 aromatic heterocycles. The second-order valence-corrected chi connectivity index (χ2v) is 6.44. The fraction of sp³-hybridized carbons (Fsp3) is 0.368. The van der Waals surface area contributed by atoms with E-state index in [9.17, 15) is 18.0 Å². The van der Waals surface area contributed by atoms with E-state index in [1.54, 1.807) is 31.3 Å². The quantitative estimate of drug-likeness (QED) is 0.840. The van der Waals surface area contributed by atoms with Crippen LogP contribution in [0, 0.1) is 0 Å². The summed E-state index contributed by atoms with van der Waals surface area (Å²) in [4.78, 5) is 17.7. The van der Waals surface area contributed by atoms with Gasteiger partial charge in [0.05, 0.1) is 11.7 Å². The number of amides is 1. The van der Waals surface area contributed by atoms with E-state index in [-0.39, 0.29) is 17.9 Å². The second-order valence-electron chi connectivity index (χ2n) is 6.44. The summed E-state index contributed by atoms with van der Waals surface area (Å²) in [7, 11) is 1.65. The van der Waals surface area contributed by atoms with Crippen LogP contribution in [0.15, 0.2) is 42.6 Å². The zero-order valence-corrected chi connectivity index (χ0v) is 15.1. The molecule has 2 atom stereocenters. The number of hydrogen-bond donors (Lipinski definition) is 1. The van der Waals surface area contributed by atoms with Crippen molar-refractivity contribution >= 4 is 11.6 Å². The van der Waals surface area contributed by atoms with Crippen molar-refractivity contribution in [2.24, 2.45) is 5.73 Å². The van der Waals surface area contributed by atoms with Crippen LogP contribution in [0.25, 0.3) is 0 Å². The van der Waals surface area contributed by atoms with Gasteiger partial charge in [0, 0.05) is 31.5 Å². The lowest BCUT2D eigenvalue weighted by molar-refractivity contribution is -0.137. The van der Waals surface area contributed by atoms with Gasteiger partial charge in [-0.3, -0.25) is 4.79 Å². The van der Waals surface area contributed by atoms with E-state index in [2.05, 4.69) is 4.98 Å². The number of carbonyl (C=O) groups is 1. The Balaban J connectivity index is 1.62. The molecular formula is C19H20F3N3O3. The summed E-state index contributed by atoms with van der Waals surface area (Å²) in [6.45, 7) is 0.386. The zero-order valence-electron chi connectivity index (χ0n) is 15.1. The first-order valence-corrected chi connectivity index (χ1v) is 8.72. The molecule has 1 amide bonds. The Morgan fingerprint density at radius 2 is 1.96 bits per heavy atom. The highest BCUT2D eigenvalue weighted by Crippen LogP contribution is 2.30. The molecule has 9 heteroatoms. The van der Waals surface area contributed by atoms with Crippen LogP contribution in [-0.2, 0) is 15.7 Å². The smallest absolute Gasteiger partial charge is 0.417 e. The van der Waals surface area contributed by atoms with Crippen molar-refractivity contribution < 1.29 is 27.4 Å². The number of nitrogens with two attached hydrogens (primary N) is 1. The van der Waals surface area contributed by atoms with Crippen molar-refractivity contribution in [3.05, 3.63) is 48.2 Å². The van der Waals surface area contributed by atoms with Crippen LogP contribution >= 0.6 is 0 Å². The highest BCUT2D eigenvalue weighted by Gasteiger charge is 2.32. The number of alkyl halides is 3. The third-order valence-electron chi connectivity index (χ3n) is 4.49. The summed E-state index contributed by atoms with van der Waals surface area (Å²) in [5, 5.41) is 0. The van der Waals surface area contributed by atoms with Gasteiger partial charge in [-0.25, -0.2) is 4.98 Å². The topological polar surface area (TPSA) is 77.7 Å². The predicted octanol–water partition coefficient (Wildman–Crippen LogP) is 3.36. The average molecular weight is 395 g/mol. The molecule has 0 bridgehead atoms. The van der Waals surface area contributed by atoms with Crippen LogP contribution in [0.5, 0.6) is 11.6 Å². The minimum atomic E-state index is -4.45. The molecule has 2 aromatic rings. The van der Waals surface area contributed by atoms with Crippen molar-refractivity contribution in [2.75, 3.05) is 18.5 Å². The van der Waals surface area contributed by atoms with E-state index >= 15 is 0 Å².